The first-order valence-electron chi connectivity index (χ1n) is 9.40. The average Bonchev–Trinajstić information content (AvgIpc) is 3.10. The number of urea groups is 1. The van der Waals surface area contributed by atoms with Crippen LogP contribution in [0.2, 0.25) is 0 Å². The molecule has 1 N–H and O–H groups in total. The van der Waals surface area contributed by atoms with Crippen LogP contribution in [0.25, 0.3) is 0 Å². The van der Waals surface area contributed by atoms with Gasteiger partial charge in [0, 0.05) is 31.5 Å². The average molecular weight is 351 g/mol. The Morgan fingerprint density at radius 1 is 1.12 bits per heavy atom. The Bertz CT molecular complexity index is 717. The van der Waals surface area contributed by atoms with E-state index in [1.54, 1.807) is 6.20 Å². The monoisotopic (exact) mass is 351 g/mol. The highest BCUT2D eigenvalue weighted by atomic mass is 16.5. The van der Waals surface area contributed by atoms with Gasteiger partial charge in [0.2, 0.25) is 0 Å². The van der Waals surface area contributed by atoms with Crippen molar-refractivity contribution in [3.8, 4) is 0 Å². The van der Waals surface area contributed by atoms with Gasteiger partial charge in [0.15, 0.2) is 0 Å². The van der Waals surface area contributed by atoms with Gasteiger partial charge in [-0.2, -0.15) is 0 Å². The van der Waals surface area contributed by atoms with Gasteiger partial charge < -0.3 is 15.0 Å². The molecular formula is C21H25N3O2. The van der Waals surface area contributed by atoms with E-state index in [4.69, 9.17) is 4.74 Å². The lowest BCUT2D eigenvalue weighted by molar-refractivity contribution is 0.00421. The number of nitrogens with one attached hydrogen (secondary N) is 1. The number of benzene rings is 1. The molecule has 4 rings (SSSR count). The van der Waals surface area contributed by atoms with E-state index in [0.29, 0.717) is 6.61 Å². The van der Waals surface area contributed by atoms with Crippen LogP contribution in [0.4, 0.5) is 4.79 Å². The molecule has 1 aliphatic heterocycles. The predicted molar refractivity (Wildman–Crippen MR) is 99.8 cm³/mol. The topological polar surface area (TPSA) is 54.5 Å². The molecule has 0 radical (unpaired) electrons. The minimum atomic E-state index is 0.0634. The number of hydrogen-bond acceptors (Lipinski definition) is 3. The minimum Gasteiger partial charge on any atom is -0.373 e. The van der Waals surface area contributed by atoms with Gasteiger partial charge in [0.05, 0.1) is 12.7 Å². The zero-order chi connectivity index (χ0) is 17.8. The molecule has 1 saturated heterocycles. The lowest BCUT2D eigenvalue weighted by Gasteiger charge is -2.32. The maximum Gasteiger partial charge on any atom is 0.317 e. The highest BCUT2D eigenvalue weighted by Crippen LogP contribution is 2.22. The number of nitrogens with zero attached hydrogens (tertiary/aromatic N) is 2. The van der Waals surface area contributed by atoms with Gasteiger partial charge in [-0.1, -0.05) is 30.3 Å². The Labute approximate surface area is 154 Å². The van der Waals surface area contributed by atoms with Crippen LogP contribution in [0.15, 0.2) is 48.8 Å². The van der Waals surface area contributed by atoms with Crippen molar-refractivity contribution in [1.29, 1.82) is 0 Å². The van der Waals surface area contributed by atoms with Gasteiger partial charge in [-0.3, -0.25) is 4.98 Å². The van der Waals surface area contributed by atoms with Crippen LogP contribution in [0.3, 0.4) is 0 Å². The zero-order valence-corrected chi connectivity index (χ0v) is 14.9. The van der Waals surface area contributed by atoms with Gasteiger partial charge in [0.1, 0.15) is 0 Å². The fourth-order valence-corrected chi connectivity index (χ4v) is 3.85. The summed E-state index contributed by atoms with van der Waals surface area (Å²) in [6, 6.07) is 12.7. The Morgan fingerprint density at radius 3 is 2.50 bits per heavy atom. The van der Waals surface area contributed by atoms with Crippen LogP contribution >= 0.6 is 0 Å². The number of pyridine rings is 1. The van der Waals surface area contributed by atoms with E-state index in [1.807, 2.05) is 23.2 Å². The summed E-state index contributed by atoms with van der Waals surface area (Å²) >= 11 is 0. The summed E-state index contributed by atoms with van der Waals surface area (Å²) in [6.45, 7) is 2.09. The van der Waals surface area contributed by atoms with E-state index in [9.17, 15) is 4.79 Å². The Balaban J connectivity index is 1.20. The molecule has 1 aromatic carbocycles. The molecule has 0 spiro atoms. The molecule has 1 aromatic heterocycles. The fourth-order valence-electron chi connectivity index (χ4n) is 3.85. The first-order valence-corrected chi connectivity index (χ1v) is 9.40. The molecule has 1 fully saturated rings. The van der Waals surface area contributed by atoms with E-state index >= 15 is 0 Å². The third kappa shape index (κ3) is 4.05. The van der Waals surface area contributed by atoms with Crippen LogP contribution < -0.4 is 5.32 Å². The van der Waals surface area contributed by atoms with E-state index in [2.05, 4.69) is 34.6 Å². The third-order valence-electron chi connectivity index (χ3n) is 5.32. The van der Waals surface area contributed by atoms with Gasteiger partial charge >= 0.3 is 6.03 Å². The van der Waals surface area contributed by atoms with Gasteiger partial charge in [-0.05, 0) is 48.4 Å². The molecule has 0 atom stereocenters. The molecule has 5 heteroatoms. The third-order valence-corrected chi connectivity index (χ3v) is 5.32. The molecule has 2 aromatic rings. The number of rotatable bonds is 4. The summed E-state index contributed by atoms with van der Waals surface area (Å²) in [7, 11) is 0. The second-order valence-corrected chi connectivity index (χ2v) is 7.18. The second-order valence-electron chi connectivity index (χ2n) is 7.18. The van der Waals surface area contributed by atoms with Crippen LogP contribution in [-0.2, 0) is 24.2 Å². The summed E-state index contributed by atoms with van der Waals surface area (Å²) in [5.41, 5.74) is 3.81. The molecular weight excluding hydrogens is 326 g/mol. The van der Waals surface area contributed by atoms with E-state index < -0.39 is 0 Å². The predicted octanol–water partition coefficient (Wildman–Crippen LogP) is 2.94. The van der Waals surface area contributed by atoms with Crippen molar-refractivity contribution < 1.29 is 9.53 Å². The summed E-state index contributed by atoms with van der Waals surface area (Å²) in [5, 5.41) is 3.21. The van der Waals surface area contributed by atoms with Crippen molar-refractivity contribution in [2.45, 2.75) is 44.4 Å². The summed E-state index contributed by atoms with van der Waals surface area (Å²) in [5.74, 6) is 0. The molecule has 136 valence electrons. The van der Waals surface area contributed by atoms with Crippen molar-refractivity contribution in [2.24, 2.45) is 0 Å². The number of amides is 2. The van der Waals surface area contributed by atoms with Crippen molar-refractivity contribution in [3.05, 3.63) is 65.5 Å². The molecule has 0 unspecified atom stereocenters. The highest BCUT2D eigenvalue weighted by molar-refractivity contribution is 5.74. The van der Waals surface area contributed by atoms with Crippen LogP contribution in [0.1, 0.15) is 29.5 Å². The number of aromatic nitrogens is 1. The molecule has 1 aliphatic carbocycles. The van der Waals surface area contributed by atoms with E-state index in [0.717, 1.165) is 44.3 Å². The van der Waals surface area contributed by atoms with Crippen LogP contribution in [-0.4, -0.2) is 41.2 Å². The largest absolute Gasteiger partial charge is 0.373 e. The number of likely N-dealkylation sites (tertiary alicyclic amines) is 1. The molecule has 5 nitrogen and oxygen atoms in total. The lowest BCUT2D eigenvalue weighted by Crippen LogP contribution is -2.49. The maximum absolute atomic E-state index is 12.6. The van der Waals surface area contributed by atoms with Gasteiger partial charge in [-0.25, -0.2) is 4.79 Å². The summed E-state index contributed by atoms with van der Waals surface area (Å²) in [6.07, 6.45) is 7.47. The van der Waals surface area contributed by atoms with Crippen molar-refractivity contribution >= 4 is 6.03 Å². The minimum absolute atomic E-state index is 0.0634. The SMILES string of the molecule is O=C(NC1Cc2ccccc2C1)N1CCC(OCc2cccnc2)CC1. The maximum atomic E-state index is 12.6. The Kier molecular flexibility index (Phi) is 5.16. The highest BCUT2D eigenvalue weighted by Gasteiger charge is 2.27. The number of hydrogen-bond donors (Lipinski definition) is 1. The number of carbonyl (C=O) groups excluding carboxylic acids is 1. The number of piperidine rings is 1. The van der Waals surface area contributed by atoms with E-state index in [-0.39, 0.29) is 18.2 Å². The summed E-state index contributed by atoms with van der Waals surface area (Å²) < 4.78 is 5.97. The first kappa shape index (κ1) is 17.0. The van der Waals surface area contributed by atoms with Crippen LogP contribution in [0.5, 0.6) is 0 Å². The Hall–Kier alpha value is -2.40. The van der Waals surface area contributed by atoms with Gasteiger partial charge in [0.25, 0.3) is 0 Å². The second kappa shape index (κ2) is 7.87. The molecule has 26 heavy (non-hydrogen) atoms. The molecule has 2 aliphatic rings. The molecule has 0 saturated carbocycles. The smallest absolute Gasteiger partial charge is 0.317 e. The zero-order valence-electron chi connectivity index (χ0n) is 14.9. The summed E-state index contributed by atoms with van der Waals surface area (Å²) in [4.78, 5) is 18.6. The Morgan fingerprint density at radius 2 is 1.85 bits per heavy atom. The molecule has 0 bridgehead atoms. The molecule has 2 amide bonds. The normalized spacial score (nSPS) is 17.9. The van der Waals surface area contributed by atoms with Gasteiger partial charge in [-0.15, -0.1) is 0 Å². The number of fused-ring (bicyclic) bond motifs is 1. The van der Waals surface area contributed by atoms with Crippen molar-refractivity contribution in [1.82, 2.24) is 15.2 Å². The fraction of sp³-hybridized carbons (Fsp3) is 0.429. The standard InChI is InChI=1S/C21H25N3O2/c25-21(23-19-12-17-5-1-2-6-18(17)13-19)24-10-7-20(8-11-24)26-15-16-4-3-9-22-14-16/h1-6,9,14,19-20H,7-8,10-13,15H2,(H,23,25). The van der Waals surface area contributed by atoms with Crippen LogP contribution in [0, 0.1) is 0 Å². The number of carbonyl (C=O) groups is 1. The lowest BCUT2D eigenvalue weighted by atomic mass is 10.1. The van der Waals surface area contributed by atoms with Crippen molar-refractivity contribution in [2.75, 3.05) is 13.1 Å². The van der Waals surface area contributed by atoms with E-state index in [1.165, 1.54) is 11.1 Å². The first-order chi connectivity index (χ1) is 12.8. The quantitative estimate of drug-likeness (QED) is 0.921. The number of ether oxygens (including phenoxy) is 1. The van der Waals surface area contributed by atoms with Crippen molar-refractivity contribution in [3.63, 3.8) is 0 Å². The molecule has 2 heterocycles.